The van der Waals surface area contributed by atoms with E-state index in [2.05, 4.69) is 17.0 Å². The summed E-state index contributed by atoms with van der Waals surface area (Å²) in [6.45, 7) is 3.00. The number of piperazine rings is 1. The number of amides is 1. The Kier molecular flexibility index (Phi) is 5.89. The number of methoxy groups -OCH3 is 1. The smallest absolute Gasteiger partial charge is 0.289 e. The molecule has 168 valence electrons. The maximum Gasteiger partial charge on any atom is 0.289 e. The molecule has 3 aromatic carbocycles. The molecule has 5 rings (SSSR count). The zero-order chi connectivity index (χ0) is 22.6. The first-order chi connectivity index (χ1) is 16.2. The quantitative estimate of drug-likeness (QED) is 0.421. The van der Waals surface area contributed by atoms with Crippen LogP contribution in [0.3, 0.4) is 0 Å². The van der Waals surface area contributed by atoms with E-state index in [9.17, 15) is 4.79 Å². The van der Waals surface area contributed by atoms with Crippen molar-refractivity contribution in [3.05, 3.63) is 90.4 Å². The fraction of sp³-hybridized carbons (Fsp3) is 0.222. The van der Waals surface area contributed by atoms with Gasteiger partial charge in [-0.1, -0.05) is 42.5 Å². The largest absolute Gasteiger partial charge is 0.495 e. The molecule has 2 heterocycles. The van der Waals surface area contributed by atoms with Crippen molar-refractivity contribution in [2.45, 2.75) is 6.61 Å². The van der Waals surface area contributed by atoms with Gasteiger partial charge in [-0.15, -0.1) is 0 Å². The molecule has 1 aliphatic rings. The number of fused-ring (bicyclic) bond motifs is 1. The molecule has 6 nitrogen and oxygen atoms in total. The van der Waals surface area contributed by atoms with Crippen LogP contribution >= 0.6 is 0 Å². The van der Waals surface area contributed by atoms with Crippen LogP contribution in [0, 0.1) is 0 Å². The Morgan fingerprint density at radius 3 is 2.45 bits per heavy atom. The van der Waals surface area contributed by atoms with Gasteiger partial charge in [-0.3, -0.25) is 4.79 Å². The van der Waals surface area contributed by atoms with Crippen molar-refractivity contribution in [3.8, 4) is 11.5 Å². The van der Waals surface area contributed by atoms with Gasteiger partial charge in [0, 0.05) is 26.2 Å². The number of ether oxygens (including phenoxy) is 2. The van der Waals surface area contributed by atoms with E-state index in [-0.39, 0.29) is 12.5 Å². The van der Waals surface area contributed by atoms with Gasteiger partial charge in [0.25, 0.3) is 5.91 Å². The van der Waals surface area contributed by atoms with Crippen LogP contribution in [-0.4, -0.2) is 44.1 Å². The third kappa shape index (κ3) is 4.51. The van der Waals surface area contributed by atoms with Gasteiger partial charge in [-0.2, -0.15) is 0 Å². The second-order valence-electron chi connectivity index (χ2n) is 8.01. The van der Waals surface area contributed by atoms with Crippen LogP contribution in [0.5, 0.6) is 11.5 Å². The first-order valence-electron chi connectivity index (χ1n) is 11.1. The lowest BCUT2D eigenvalue weighted by molar-refractivity contribution is 0.0710. The number of nitrogens with zero attached hydrogens (tertiary/aromatic N) is 2. The Morgan fingerprint density at radius 2 is 1.64 bits per heavy atom. The summed E-state index contributed by atoms with van der Waals surface area (Å²) in [5, 5.41) is 2.29. The zero-order valence-corrected chi connectivity index (χ0v) is 18.6. The van der Waals surface area contributed by atoms with Gasteiger partial charge in [0.2, 0.25) is 0 Å². The molecule has 1 fully saturated rings. The molecular formula is C27H26N2O4. The van der Waals surface area contributed by atoms with E-state index in [1.54, 1.807) is 19.2 Å². The molecule has 0 unspecified atom stereocenters. The van der Waals surface area contributed by atoms with E-state index in [4.69, 9.17) is 13.9 Å². The molecule has 0 bridgehead atoms. The van der Waals surface area contributed by atoms with Crippen molar-refractivity contribution in [2.24, 2.45) is 0 Å². The number of carbonyl (C=O) groups is 1. The molecule has 4 aromatic rings. The van der Waals surface area contributed by atoms with E-state index in [0.717, 1.165) is 35.7 Å². The molecule has 1 amide bonds. The van der Waals surface area contributed by atoms with Crippen LogP contribution in [-0.2, 0) is 6.61 Å². The molecule has 0 radical (unpaired) electrons. The average molecular weight is 443 g/mol. The summed E-state index contributed by atoms with van der Waals surface area (Å²) < 4.78 is 17.2. The fourth-order valence-corrected chi connectivity index (χ4v) is 4.18. The summed E-state index contributed by atoms with van der Waals surface area (Å²) >= 11 is 0. The summed E-state index contributed by atoms with van der Waals surface area (Å²) in [4.78, 5) is 17.0. The average Bonchev–Trinajstić information content (AvgIpc) is 3.36. The molecule has 0 atom stereocenters. The number of para-hydroxylation sites is 2. The summed E-state index contributed by atoms with van der Waals surface area (Å²) in [5.74, 6) is 2.49. The van der Waals surface area contributed by atoms with Crippen molar-refractivity contribution in [3.63, 3.8) is 0 Å². The van der Waals surface area contributed by atoms with Crippen LogP contribution in [0.15, 0.2) is 83.3 Å². The van der Waals surface area contributed by atoms with Crippen molar-refractivity contribution in [2.75, 3.05) is 38.2 Å². The Balaban J connectivity index is 1.18. The van der Waals surface area contributed by atoms with E-state index in [0.29, 0.717) is 24.6 Å². The second-order valence-corrected chi connectivity index (χ2v) is 8.01. The van der Waals surface area contributed by atoms with Crippen molar-refractivity contribution < 1.29 is 18.7 Å². The highest BCUT2D eigenvalue weighted by Gasteiger charge is 2.25. The van der Waals surface area contributed by atoms with Crippen LogP contribution in [0.2, 0.25) is 0 Å². The Bertz CT molecular complexity index is 1260. The molecule has 1 aromatic heterocycles. The standard InChI is InChI=1S/C27H26N2O4/c1-31-25-9-5-4-8-24(25)28-14-16-29(17-15-28)27(30)26-13-12-23(33-26)19-32-22-11-10-20-6-2-3-7-21(20)18-22/h2-13,18H,14-17,19H2,1H3. The SMILES string of the molecule is COc1ccccc1N1CCN(C(=O)c2ccc(COc3ccc4ccccc4c3)o2)CC1. The summed E-state index contributed by atoms with van der Waals surface area (Å²) in [6, 6.07) is 25.6. The van der Waals surface area contributed by atoms with Crippen LogP contribution in [0.25, 0.3) is 10.8 Å². The highest BCUT2D eigenvalue weighted by Crippen LogP contribution is 2.28. The van der Waals surface area contributed by atoms with E-state index in [1.165, 1.54) is 5.39 Å². The monoisotopic (exact) mass is 442 g/mol. The highest BCUT2D eigenvalue weighted by molar-refractivity contribution is 5.91. The third-order valence-electron chi connectivity index (χ3n) is 5.97. The van der Waals surface area contributed by atoms with Gasteiger partial charge in [-0.25, -0.2) is 0 Å². The number of hydrogen-bond donors (Lipinski definition) is 0. The lowest BCUT2D eigenvalue weighted by atomic mass is 10.1. The first kappa shape index (κ1) is 20.9. The topological polar surface area (TPSA) is 55.2 Å². The van der Waals surface area contributed by atoms with Crippen molar-refractivity contribution >= 4 is 22.4 Å². The summed E-state index contributed by atoms with van der Waals surface area (Å²) in [6.07, 6.45) is 0. The normalized spacial score (nSPS) is 13.8. The van der Waals surface area contributed by atoms with Crippen LogP contribution in [0.4, 0.5) is 5.69 Å². The molecule has 0 spiro atoms. The summed E-state index contributed by atoms with van der Waals surface area (Å²) in [7, 11) is 1.68. The molecule has 33 heavy (non-hydrogen) atoms. The molecule has 6 heteroatoms. The van der Waals surface area contributed by atoms with Gasteiger partial charge in [-0.05, 0) is 47.2 Å². The van der Waals surface area contributed by atoms with Gasteiger partial charge in [0.15, 0.2) is 5.76 Å². The predicted octanol–water partition coefficient (Wildman–Crippen LogP) is 4.98. The number of benzene rings is 3. The number of furan rings is 1. The number of carbonyl (C=O) groups excluding carboxylic acids is 1. The lowest BCUT2D eigenvalue weighted by Crippen LogP contribution is -2.48. The number of anilines is 1. The second kappa shape index (κ2) is 9.28. The van der Waals surface area contributed by atoms with E-state index in [1.807, 2.05) is 59.5 Å². The first-order valence-corrected chi connectivity index (χ1v) is 11.1. The maximum absolute atomic E-state index is 12.9. The van der Waals surface area contributed by atoms with Gasteiger partial charge < -0.3 is 23.7 Å². The van der Waals surface area contributed by atoms with Gasteiger partial charge in [0.05, 0.1) is 12.8 Å². The maximum atomic E-state index is 12.9. The third-order valence-corrected chi connectivity index (χ3v) is 5.97. The fourth-order valence-electron chi connectivity index (χ4n) is 4.18. The molecular weight excluding hydrogens is 416 g/mol. The highest BCUT2D eigenvalue weighted by atomic mass is 16.5. The van der Waals surface area contributed by atoms with Gasteiger partial charge in [0.1, 0.15) is 23.9 Å². The molecule has 1 saturated heterocycles. The minimum Gasteiger partial charge on any atom is -0.495 e. The van der Waals surface area contributed by atoms with E-state index < -0.39 is 0 Å². The minimum absolute atomic E-state index is 0.0911. The van der Waals surface area contributed by atoms with Crippen molar-refractivity contribution in [1.29, 1.82) is 0 Å². The Labute approximate surface area is 192 Å². The number of hydrogen-bond acceptors (Lipinski definition) is 5. The lowest BCUT2D eigenvalue weighted by Gasteiger charge is -2.36. The van der Waals surface area contributed by atoms with Crippen molar-refractivity contribution in [1.82, 2.24) is 4.90 Å². The van der Waals surface area contributed by atoms with Crippen LogP contribution < -0.4 is 14.4 Å². The minimum atomic E-state index is -0.0911. The summed E-state index contributed by atoms with van der Waals surface area (Å²) in [5.41, 5.74) is 1.05. The Hall–Kier alpha value is -3.93. The number of rotatable bonds is 6. The molecule has 0 saturated carbocycles. The molecule has 0 N–H and O–H groups in total. The predicted molar refractivity (Wildman–Crippen MR) is 128 cm³/mol. The molecule has 1 aliphatic heterocycles. The van der Waals surface area contributed by atoms with Crippen LogP contribution in [0.1, 0.15) is 16.3 Å². The Morgan fingerprint density at radius 1 is 0.879 bits per heavy atom. The van der Waals surface area contributed by atoms with Gasteiger partial charge >= 0.3 is 0 Å². The zero-order valence-electron chi connectivity index (χ0n) is 18.6. The molecule has 0 aliphatic carbocycles. The van der Waals surface area contributed by atoms with E-state index >= 15 is 0 Å².